The van der Waals surface area contributed by atoms with Crippen molar-refractivity contribution in [2.45, 2.75) is 70.0 Å². The third kappa shape index (κ3) is 4.60. The van der Waals surface area contributed by atoms with Crippen molar-refractivity contribution < 1.29 is 8.42 Å². The van der Waals surface area contributed by atoms with E-state index in [9.17, 15) is 8.42 Å². The second kappa shape index (κ2) is 8.57. The van der Waals surface area contributed by atoms with Gasteiger partial charge >= 0.3 is 0 Å². The Hall–Kier alpha value is -1.29. The van der Waals surface area contributed by atoms with Gasteiger partial charge in [0.1, 0.15) is 17.0 Å². The third-order valence-corrected chi connectivity index (χ3v) is 10.3. The summed E-state index contributed by atoms with van der Waals surface area (Å²) in [5, 5.41) is 4.73. The van der Waals surface area contributed by atoms with Crippen molar-refractivity contribution in [3.05, 3.63) is 16.8 Å². The molecule has 0 atom stereocenters. The summed E-state index contributed by atoms with van der Waals surface area (Å²) < 4.78 is 27.6. The maximum absolute atomic E-state index is 13.0. The lowest BCUT2D eigenvalue weighted by atomic mass is 9.90. The molecule has 0 radical (unpaired) electrons. The first-order valence-electron chi connectivity index (χ1n) is 11.6. The zero-order valence-electron chi connectivity index (χ0n) is 18.5. The van der Waals surface area contributed by atoms with Crippen LogP contribution in [0.1, 0.15) is 55.4 Å². The van der Waals surface area contributed by atoms with Crippen LogP contribution in [0, 0.1) is 5.92 Å². The van der Waals surface area contributed by atoms with Crippen LogP contribution in [0.2, 0.25) is 0 Å². The summed E-state index contributed by atoms with van der Waals surface area (Å²) in [6, 6.07) is 1.07. The normalized spacial score (nSPS) is 25.1. The molecule has 3 heterocycles. The number of fused-ring (bicyclic) bond motifs is 3. The van der Waals surface area contributed by atoms with E-state index >= 15 is 0 Å². The van der Waals surface area contributed by atoms with Crippen LogP contribution in [0.25, 0.3) is 10.2 Å². The van der Waals surface area contributed by atoms with Crippen LogP contribution in [-0.4, -0.2) is 66.1 Å². The quantitative estimate of drug-likeness (QED) is 0.677. The molecule has 0 saturated heterocycles. The van der Waals surface area contributed by atoms with Gasteiger partial charge in [0, 0.05) is 30.1 Å². The topological polar surface area (TPSA) is 78.4 Å². The van der Waals surface area contributed by atoms with Gasteiger partial charge in [-0.05, 0) is 64.1 Å². The zero-order valence-corrected chi connectivity index (χ0v) is 20.1. The number of hydrogen-bond acceptors (Lipinski definition) is 7. The molecule has 2 aliphatic carbocycles. The molecular weight excluding hydrogens is 430 g/mol. The molecule has 1 aliphatic heterocycles. The fourth-order valence-corrected chi connectivity index (χ4v) is 7.74. The lowest BCUT2D eigenvalue weighted by Crippen LogP contribution is -2.37. The first-order chi connectivity index (χ1) is 14.9. The Morgan fingerprint density at radius 1 is 1.16 bits per heavy atom. The van der Waals surface area contributed by atoms with E-state index in [-0.39, 0.29) is 5.75 Å². The van der Waals surface area contributed by atoms with Gasteiger partial charge in [-0.15, -0.1) is 11.3 Å². The van der Waals surface area contributed by atoms with E-state index in [0.717, 1.165) is 47.3 Å². The molecule has 2 aromatic heterocycles. The molecule has 31 heavy (non-hydrogen) atoms. The summed E-state index contributed by atoms with van der Waals surface area (Å²) in [7, 11) is 1.11. The summed E-state index contributed by atoms with van der Waals surface area (Å²) in [6.07, 6.45) is 10.2. The second-order valence-corrected chi connectivity index (χ2v) is 12.8. The number of thiophene rings is 1. The van der Waals surface area contributed by atoms with Gasteiger partial charge in [-0.1, -0.05) is 12.8 Å². The monoisotopic (exact) mass is 463 g/mol. The first kappa shape index (κ1) is 21.6. The van der Waals surface area contributed by atoms with Gasteiger partial charge < -0.3 is 10.2 Å². The van der Waals surface area contributed by atoms with Crippen molar-refractivity contribution in [2.24, 2.45) is 5.92 Å². The number of aromatic nitrogens is 2. The molecule has 0 bridgehead atoms. The Balaban J connectivity index is 1.35. The number of nitrogens with one attached hydrogen (secondary N) is 1. The summed E-state index contributed by atoms with van der Waals surface area (Å²) in [4.78, 5) is 13.7. The summed E-state index contributed by atoms with van der Waals surface area (Å²) in [6.45, 7) is 1.04. The van der Waals surface area contributed by atoms with Crippen LogP contribution >= 0.6 is 11.3 Å². The van der Waals surface area contributed by atoms with Gasteiger partial charge in [0.05, 0.1) is 11.1 Å². The highest BCUT2D eigenvalue weighted by atomic mass is 32.2. The fraction of sp³-hybridized carbons (Fsp3) is 0.727. The lowest BCUT2D eigenvalue weighted by molar-refractivity contribution is 0.221. The minimum atomic E-state index is -3.21. The molecule has 0 unspecified atom stereocenters. The van der Waals surface area contributed by atoms with Gasteiger partial charge in [0.15, 0.2) is 0 Å². The average molecular weight is 464 g/mol. The number of anilines is 1. The molecule has 5 rings (SSSR count). The van der Waals surface area contributed by atoms with Crippen LogP contribution < -0.4 is 5.32 Å². The Bertz CT molecular complexity index is 1040. The average Bonchev–Trinajstić information content (AvgIpc) is 3.51. The molecule has 9 heteroatoms. The molecule has 0 spiro atoms. The number of rotatable bonds is 7. The standard InChI is InChI=1S/C22H33N5O2S2/c1-26(2)17-7-5-16(6-8-17)25-21-20-18-13-27(31(28,29)12-10-15-3-4-15)11-9-19(18)30-22(20)24-14-23-21/h14-17H,3-13H2,1-2H3,(H,23,24,25). The number of sulfonamides is 1. The van der Waals surface area contributed by atoms with E-state index in [1.54, 1.807) is 22.0 Å². The minimum Gasteiger partial charge on any atom is -0.367 e. The summed E-state index contributed by atoms with van der Waals surface area (Å²) >= 11 is 1.70. The fourth-order valence-electron chi connectivity index (χ4n) is 5.02. The van der Waals surface area contributed by atoms with Crippen molar-refractivity contribution in [3.8, 4) is 0 Å². The summed E-state index contributed by atoms with van der Waals surface area (Å²) in [5.41, 5.74) is 1.12. The Morgan fingerprint density at radius 2 is 1.94 bits per heavy atom. The molecule has 2 fully saturated rings. The molecule has 0 amide bonds. The smallest absolute Gasteiger partial charge is 0.214 e. The van der Waals surface area contributed by atoms with Crippen LogP contribution in [0.5, 0.6) is 0 Å². The van der Waals surface area contributed by atoms with Crippen LogP contribution in [0.15, 0.2) is 6.33 Å². The van der Waals surface area contributed by atoms with Crippen LogP contribution in [0.4, 0.5) is 5.82 Å². The third-order valence-electron chi connectivity index (χ3n) is 7.24. The van der Waals surface area contributed by atoms with Gasteiger partial charge in [-0.3, -0.25) is 0 Å². The van der Waals surface area contributed by atoms with Crippen molar-refractivity contribution in [1.82, 2.24) is 19.2 Å². The van der Waals surface area contributed by atoms with E-state index in [2.05, 4.69) is 34.3 Å². The molecule has 1 N–H and O–H groups in total. The molecule has 2 aromatic rings. The Labute approximate surface area is 189 Å². The van der Waals surface area contributed by atoms with Gasteiger partial charge in [0.2, 0.25) is 10.0 Å². The second-order valence-electron chi connectivity index (χ2n) is 9.65. The lowest BCUT2D eigenvalue weighted by Gasteiger charge is -2.33. The van der Waals surface area contributed by atoms with Crippen LogP contribution in [-0.2, 0) is 23.0 Å². The van der Waals surface area contributed by atoms with E-state index < -0.39 is 10.0 Å². The molecular formula is C22H33N5O2S2. The van der Waals surface area contributed by atoms with Crippen molar-refractivity contribution >= 4 is 37.4 Å². The maximum Gasteiger partial charge on any atom is 0.214 e. The highest BCUT2D eigenvalue weighted by Crippen LogP contribution is 2.39. The Morgan fingerprint density at radius 3 is 2.65 bits per heavy atom. The molecule has 0 aromatic carbocycles. The van der Waals surface area contributed by atoms with Crippen molar-refractivity contribution in [3.63, 3.8) is 0 Å². The van der Waals surface area contributed by atoms with E-state index in [0.29, 0.717) is 31.1 Å². The molecule has 7 nitrogen and oxygen atoms in total. The van der Waals surface area contributed by atoms with Gasteiger partial charge in [0.25, 0.3) is 0 Å². The van der Waals surface area contributed by atoms with Gasteiger partial charge in [-0.25, -0.2) is 18.4 Å². The molecule has 3 aliphatic rings. The zero-order chi connectivity index (χ0) is 21.6. The van der Waals surface area contributed by atoms with E-state index in [1.165, 1.54) is 30.6 Å². The van der Waals surface area contributed by atoms with Crippen molar-refractivity contribution in [1.29, 1.82) is 0 Å². The largest absolute Gasteiger partial charge is 0.367 e. The predicted molar refractivity (Wildman–Crippen MR) is 126 cm³/mol. The highest BCUT2D eigenvalue weighted by Gasteiger charge is 2.32. The first-order valence-corrected chi connectivity index (χ1v) is 14.0. The minimum absolute atomic E-state index is 0.284. The molecule has 170 valence electrons. The Kier molecular flexibility index (Phi) is 5.96. The molecule has 2 saturated carbocycles. The number of hydrogen-bond donors (Lipinski definition) is 1. The maximum atomic E-state index is 13.0. The predicted octanol–water partition coefficient (Wildman–Crippen LogP) is 3.46. The van der Waals surface area contributed by atoms with E-state index in [4.69, 9.17) is 0 Å². The van der Waals surface area contributed by atoms with Gasteiger partial charge in [-0.2, -0.15) is 4.31 Å². The van der Waals surface area contributed by atoms with E-state index in [1.807, 2.05) is 0 Å². The summed E-state index contributed by atoms with van der Waals surface area (Å²) in [5.74, 6) is 1.79. The van der Waals surface area contributed by atoms with Crippen LogP contribution in [0.3, 0.4) is 0 Å². The SMILES string of the molecule is CN(C)C1CCC(Nc2ncnc3sc4c(c23)CN(S(=O)(=O)CCC2CC2)CC4)CC1. The highest BCUT2D eigenvalue weighted by molar-refractivity contribution is 7.89. The van der Waals surface area contributed by atoms with Crippen molar-refractivity contribution in [2.75, 3.05) is 31.7 Å². The number of nitrogens with zero attached hydrogens (tertiary/aromatic N) is 4.